The number of hydrogen-bond donors (Lipinski definition) is 2. The van der Waals surface area contributed by atoms with Crippen molar-refractivity contribution in [3.05, 3.63) is 48.0 Å². The van der Waals surface area contributed by atoms with Gasteiger partial charge in [-0.15, -0.1) is 0 Å². The minimum Gasteiger partial charge on any atom is -0.353 e. The summed E-state index contributed by atoms with van der Waals surface area (Å²) in [6, 6.07) is 14.6. The minimum absolute atomic E-state index is 0.743. The maximum atomic E-state index is 4.20. The molecule has 18 heavy (non-hydrogen) atoms. The molecule has 2 N–H and O–H groups in total. The Bertz CT molecular complexity index is 616. The number of guanidine groups is 1. The second-order valence-electron chi connectivity index (χ2n) is 4.13. The number of rotatable bonds is 2. The lowest BCUT2D eigenvalue weighted by Crippen LogP contribution is -2.30. The fourth-order valence-electron chi connectivity index (χ4n) is 1.93. The second kappa shape index (κ2) is 4.87. The lowest BCUT2D eigenvalue weighted by Gasteiger charge is -2.00. The topological polar surface area (TPSA) is 48.8 Å². The molecular formula is C14H14N4. The molecule has 0 bridgehead atoms. The summed E-state index contributed by atoms with van der Waals surface area (Å²) >= 11 is 0. The zero-order valence-corrected chi connectivity index (χ0v) is 9.93. The van der Waals surface area contributed by atoms with Crippen molar-refractivity contribution in [2.75, 3.05) is 13.1 Å². The van der Waals surface area contributed by atoms with Crippen molar-refractivity contribution in [2.45, 2.75) is 0 Å². The van der Waals surface area contributed by atoms with E-state index in [0.29, 0.717) is 0 Å². The lowest BCUT2D eigenvalue weighted by molar-refractivity contribution is 0.920. The molecule has 0 saturated heterocycles. The van der Waals surface area contributed by atoms with E-state index in [1.807, 2.05) is 12.1 Å². The molecule has 3 rings (SSSR count). The fourth-order valence-corrected chi connectivity index (χ4v) is 1.93. The first-order chi connectivity index (χ1) is 8.92. The highest BCUT2D eigenvalue weighted by molar-refractivity contribution is 5.91. The van der Waals surface area contributed by atoms with Crippen LogP contribution in [0, 0.1) is 0 Å². The molecule has 90 valence electrons. The average molecular weight is 238 g/mol. The van der Waals surface area contributed by atoms with Crippen molar-refractivity contribution < 1.29 is 0 Å². The van der Waals surface area contributed by atoms with Gasteiger partial charge >= 0.3 is 0 Å². The Morgan fingerprint density at radius 2 is 2.06 bits per heavy atom. The van der Waals surface area contributed by atoms with Gasteiger partial charge in [0.1, 0.15) is 0 Å². The van der Waals surface area contributed by atoms with E-state index >= 15 is 0 Å². The molecule has 0 spiro atoms. The number of benzene rings is 2. The number of nitrogens with zero attached hydrogens (tertiary/aromatic N) is 2. The predicted octanol–water partition coefficient (Wildman–Crippen LogP) is 1.72. The Labute approximate surface area is 105 Å². The van der Waals surface area contributed by atoms with Gasteiger partial charge in [0, 0.05) is 6.54 Å². The van der Waals surface area contributed by atoms with Crippen LogP contribution in [0.5, 0.6) is 0 Å². The maximum absolute atomic E-state index is 4.20. The highest BCUT2D eigenvalue weighted by Crippen LogP contribution is 2.14. The van der Waals surface area contributed by atoms with Crippen LogP contribution in [0.1, 0.15) is 5.56 Å². The Hall–Kier alpha value is -2.36. The highest BCUT2D eigenvalue weighted by Gasteiger charge is 2.01. The van der Waals surface area contributed by atoms with E-state index in [-0.39, 0.29) is 0 Å². The van der Waals surface area contributed by atoms with Crippen LogP contribution in [0.2, 0.25) is 0 Å². The lowest BCUT2D eigenvalue weighted by atomic mass is 10.1. The summed E-state index contributed by atoms with van der Waals surface area (Å²) < 4.78 is 0. The maximum Gasteiger partial charge on any atom is 0.212 e. The number of fused-ring (bicyclic) bond motifs is 1. The molecule has 0 saturated carbocycles. The van der Waals surface area contributed by atoms with Gasteiger partial charge in [-0.3, -0.25) is 0 Å². The first-order valence-corrected chi connectivity index (χ1v) is 5.98. The van der Waals surface area contributed by atoms with Gasteiger partial charge < -0.3 is 5.32 Å². The SMILES string of the molecule is C(=N/NC1=NCCN1)/c1ccc2ccccc2c1. The normalized spacial score (nSPS) is 14.8. The summed E-state index contributed by atoms with van der Waals surface area (Å²) in [6.07, 6.45) is 1.80. The highest BCUT2D eigenvalue weighted by atomic mass is 15.4. The largest absolute Gasteiger partial charge is 0.353 e. The molecule has 0 radical (unpaired) electrons. The van der Waals surface area contributed by atoms with Gasteiger partial charge in [0.15, 0.2) is 0 Å². The minimum atomic E-state index is 0.743. The molecule has 0 aromatic heterocycles. The van der Waals surface area contributed by atoms with E-state index in [2.05, 4.69) is 51.2 Å². The zero-order valence-electron chi connectivity index (χ0n) is 9.93. The molecule has 0 unspecified atom stereocenters. The first kappa shape index (κ1) is 10.8. The molecule has 0 amide bonds. The number of hydrazone groups is 1. The molecule has 2 aromatic rings. The van der Waals surface area contributed by atoms with Crippen molar-refractivity contribution in [3.63, 3.8) is 0 Å². The number of aliphatic imine (C=N–C) groups is 1. The summed E-state index contributed by atoms with van der Waals surface area (Å²) in [6.45, 7) is 1.70. The second-order valence-corrected chi connectivity index (χ2v) is 4.13. The molecule has 2 aromatic carbocycles. The Balaban J connectivity index is 1.75. The van der Waals surface area contributed by atoms with Gasteiger partial charge in [-0.05, 0) is 22.4 Å². The molecule has 1 aliphatic rings. The number of nitrogens with one attached hydrogen (secondary N) is 2. The van der Waals surface area contributed by atoms with E-state index < -0.39 is 0 Å². The Morgan fingerprint density at radius 3 is 2.89 bits per heavy atom. The quantitative estimate of drug-likeness (QED) is 0.618. The van der Waals surface area contributed by atoms with Gasteiger partial charge in [-0.2, -0.15) is 5.10 Å². The van der Waals surface area contributed by atoms with Crippen molar-refractivity contribution in [1.29, 1.82) is 0 Å². The standard InChI is InChI=1S/C14H14N4/c1-2-4-13-9-11(5-6-12(13)3-1)10-17-18-14-15-7-8-16-14/h1-6,9-10H,7-8H2,(H2,15,16,18)/b17-10-. The van der Waals surface area contributed by atoms with Crippen LogP contribution in [0.25, 0.3) is 10.8 Å². The van der Waals surface area contributed by atoms with Crippen LogP contribution < -0.4 is 10.7 Å². The van der Waals surface area contributed by atoms with Crippen LogP contribution in [0.4, 0.5) is 0 Å². The Morgan fingerprint density at radius 1 is 1.17 bits per heavy atom. The van der Waals surface area contributed by atoms with Crippen molar-refractivity contribution >= 4 is 22.9 Å². The van der Waals surface area contributed by atoms with E-state index in [1.165, 1.54) is 10.8 Å². The third-order valence-electron chi connectivity index (χ3n) is 2.83. The molecule has 4 heteroatoms. The zero-order chi connectivity index (χ0) is 12.2. The third kappa shape index (κ3) is 2.32. The van der Waals surface area contributed by atoms with Crippen LogP contribution in [-0.2, 0) is 0 Å². The van der Waals surface area contributed by atoms with Gasteiger partial charge in [0.05, 0.1) is 12.8 Å². The van der Waals surface area contributed by atoms with Crippen LogP contribution in [0.3, 0.4) is 0 Å². The van der Waals surface area contributed by atoms with Gasteiger partial charge in [0.2, 0.25) is 5.96 Å². The van der Waals surface area contributed by atoms with E-state index in [4.69, 9.17) is 0 Å². The molecule has 1 heterocycles. The van der Waals surface area contributed by atoms with Gasteiger partial charge in [-0.25, -0.2) is 10.4 Å². The monoisotopic (exact) mass is 238 g/mol. The molecule has 0 aliphatic carbocycles. The predicted molar refractivity (Wildman–Crippen MR) is 75.0 cm³/mol. The summed E-state index contributed by atoms with van der Waals surface area (Å²) in [5.41, 5.74) is 3.96. The van der Waals surface area contributed by atoms with Crippen LogP contribution >= 0.6 is 0 Å². The van der Waals surface area contributed by atoms with E-state index in [1.54, 1.807) is 6.21 Å². The summed E-state index contributed by atoms with van der Waals surface area (Å²) in [4.78, 5) is 4.20. The molecule has 4 nitrogen and oxygen atoms in total. The van der Waals surface area contributed by atoms with Crippen LogP contribution in [-0.4, -0.2) is 25.3 Å². The molecule has 0 fully saturated rings. The molecule has 0 atom stereocenters. The summed E-state index contributed by atoms with van der Waals surface area (Å²) in [7, 11) is 0. The first-order valence-electron chi connectivity index (χ1n) is 5.98. The fraction of sp³-hybridized carbons (Fsp3) is 0.143. The average Bonchev–Trinajstić information content (AvgIpc) is 2.92. The van der Waals surface area contributed by atoms with Crippen molar-refractivity contribution in [1.82, 2.24) is 10.7 Å². The van der Waals surface area contributed by atoms with E-state index in [0.717, 1.165) is 24.6 Å². The summed E-state index contributed by atoms with van der Waals surface area (Å²) in [5, 5.41) is 9.72. The van der Waals surface area contributed by atoms with Gasteiger partial charge in [-0.1, -0.05) is 36.4 Å². The molecule has 1 aliphatic heterocycles. The smallest absolute Gasteiger partial charge is 0.212 e. The van der Waals surface area contributed by atoms with E-state index in [9.17, 15) is 0 Å². The third-order valence-corrected chi connectivity index (χ3v) is 2.83. The Kier molecular flexibility index (Phi) is 2.92. The van der Waals surface area contributed by atoms with Crippen molar-refractivity contribution in [2.24, 2.45) is 10.1 Å². The number of hydrogen-bond acceptors (Lipinski definition) is 4. The van der Waals surface area contributed by atoms with Crippen molar-refractivity contribution in [3.8, 4) is 0 Å². The van der Waals surface area contributed by atoms with Crippen LogP contribution in [0.15, 0.2) is 52.6 Å². The summed E-state index contributed by atoms with van der Waals surface area (Å²) in [5.74, 6) is 0.743. The van der Waals surface area contributed by atoms with Gasteiger partial charge in [0.25, 0.3) is 0 Å². The molecular weight excluding hydrogens is 224 g/mol.